The van der Waals surface area contributed by atoms with Crippen LogP contribution in [0.25, 0.3) is 136 Å². The van der Waals surface area contributed by atoms with Crippen molar-refractivity contribution >= 4 is 23.1 Å². The van der Waals surface area contributed by atoms with E-state index in [1.165, 1.54) is 0 Å². The third-order valence-corrected chi connectivity index (χ3v) is 17.1. The number of pyridine rings is 2. The van der Waals surface area contributed by atoms with E-state index in [1.54, 1.807) is 0 Å². The molecule has 0 N–H and O–H groups in total. The number of rotatable bonds is 12. The Labute approximate surface area is 537 Å². The molecular formula is C82H51BN8O2. The van der Waals surface area contributed by atoms with Gasteiger partial charge >= 0.3 is 0 Å². The number of fused-ring (bicyclic) bond motifs is 4. The summed E-state index contributed by atoms with van der Waals surface area (Å²) in [5.41, 5.74) is 17.5. The van der Waals surface area contributed by atoms with Gasteiger partial charge in [0.25, 0.3) is 6.71 Å². The van der Waals surface area contributed by atoms with Crippen LogP contribution in [0.4, 0.5) is 0 Å². The largest absolute Gasteiger partial charge is 0.457 e. The van der Waals surface area contributed by atoms with Gasteiger partial charge in [-0.05, 0) is 75.6 Å². The molecule has 0 fully saturated rings. The van der Waals surface area contributed by atoms with Crippen LogP contribution in [0.3, 0.4) is 0 Å². The van der Waals surface area contributed by atoms with Crippen LogP contribution >= 0.6 is 0 Å². The highest BCUT2D eigenvalue weighted by molar-refractivity contribution is 6.98. The van der Waals surface area contributed by atoms with Gasteiger partial charge in [0.2, 0.25) is 0 Å². The predicted octanol–water partition coefficient (Wildman–Crippen LogP) is 17.6. The first-order valence-corrected chi connectivity index (χ1v) is 30.9. The third kappa shape index (κ3) is 10.3. The Balaban J connectivity index is 1.03. The van der Waals surface area contributed by atoms with E-state index in [-0.39, 0.29) is 0 Å². The summed E-state index contributed by atoms with van der Waals surface area (Å²) in [6.45, 7) is -0.617. The molecule has 0 amide bonds. The Morgan fingerprint density at radius 1 is 0.194 bits per heavy atom. The summed E-state index contributed by atoms with van der Waals surface area (Å²) in [6.07, 6.45) is 0. The lowest BCUT2D eigenvalue weighted by Gasteiger charge is -2.37. The number of nitrogens with zero attached hydrogens (tertiary/aromatic N) is 8. The van der Waals surface area contributed by atoms with E-state index in [0.717, 1.165) is 106 Å². The van der Waals surface area contributed by atoms with Crippen LogP contribution in [-0.2, 0) is 0 Å². The quantitative estimate of drug-likeness (QED) is 0.109. The molecule has 17 rings (SSSR count). The van der Waals surface area contributed by atoms with E-state index in [4.69, 9.17) is 49.3 Å². The molecule has 2 aliphatic heterocycles. The Morgan fingerprint density at radius 3 is 0.796 bits per heavy atom. The highest BCUT2D eigenvalue weighted by Crippen LogP contribution is 2.50. The van der Waals surface area contributed by atoms with Crippen molar-refractivity contribution in [2.45, 2.75) is 0 Å². The Morgan fingerprint density at radius 2 is 0.473 bits per heavy atom. The maximum Gasteiger partial charge on any atom is 0.260 e. The maximum absolute atomic E-state index is 7.92. The van der Waals surface area contributed by atoms with Gasteiger partial charge in [-0.3, -0.25) is 0 Å². The van der Waals surface area contributed by atoms with Crippen LogP contribution < -0.4 is 25.9 Å². The average molecular weight is 1190 g/mol. The number of hydrogen-bond acceptors (Lipinski definition) is 10. The molecular weight excluding hydrogens is 1140 g/mol. The van der Waals surface area contributed by atoms with Gasteiger partial charge < -0.3 is 9.47 Å². The Hall–Kier alpha value is -12.6. The summed E-state index contributed by atoms with van der Waals surface area (Å²) in [7, 11) is 0. The predicted molar refractivity (Wildman–Crippen MR) is 372 cm³/mol. The zero-order chi connectivity index (χ0) is 61.6. The highest BCUT2D eigenvalue weighted by atomic mass is 16.5. The first-order valence-electron chi connectivity index (χ1n) is 30.9. The van der Waals surface area contributed by atoms with Crippen LogP contribution in [0.15, 0.2) is 309 Å². The van der Waals surface area contributed by atoms with E-state index in [9.17, 15) is 0 Å². The van der Waals surface area contributed by atoms with Crippen LogP contribution in [0, 0.1) is 0 Å². The van der Waals surface area contributed by atoms with Gasteiger partial charge in [0, 0.05) is 50.0 Å². The summed E-state index contributed by atoms with van der Waals surface area (Å²) in [4.78, 5) is 43.3. The molecule has 11 aromatic carbocycles. The SMILES string of the molecule is c1ccc(-c2cc3c(c(-c4cccc(-c5ccccc5)n4)c2)Oc2c(-c4nc(-c5ccccc5)nc(-c5ccccc5)n4)cc(-c4nc(-c5ccccc5)nc(-c5ccccc5)n4)c4c2B3c2cc(-c3ccccc3)cc(-c3cccc(-c5ccccc5)n3)c2O4)cc1. The molecule has 93 heavy (non-hydrogen) atoms. The molecule has 434 valence electrons. The second kappa shape index (κ2) is 23.4. The number of benzene rings is 11. The summed E-state index contributed by atoms with van der Waals surface area (Å²) >= 11 is 0. The maximum atomic E-state index is 7.92. The van der Waals surface area contributed by atoms with Crippen LogP contribution in [0.5, 0.6) is 23.0 Å². The second-order valence-electron chi connectivity index (χ2n) is 22.9. The van der Waals surface area contributed by atoms with Gasteiger partial charge in [0.15, 0.2) is 34.9 Å². The fraction of sp³-hybridized carbons (Fsp3) is 0. The topological polar surface area (TPSA) is 122 Å². The first-order chi connectivity index (χ1) is 46.1. The standard InChI is InChI=1S/C82H51BN8O2/c1-9-27-52(28-10-1)60-47-62(70-45-25-43-68(84-70)54-31-13-3-14-32-54)73-66(49-60)83-67-50-61(53-29-11-2-12-30-53)48-63(71-46-26-44-69(85-71)55-33-15-4-16-34-55)74(67)93-76-65(82-90-79(58-39-21-7-22-40-58)87-80(91-82)59-41-23-8-24-42-59)51-64(75(92-73)72(76)83)81-88-77(56-35-17-5-18-36-56)86-78(89-81)57-37-19-6-20-38-57/h1-51H. The summed E-state index contributed by atoms with van der Waals surface area (Å²) in [5, 5.41) is 0. The zero-order valence-electron chi connectivity index (χ0n) is 49.9. The monoisotopic (exact) mass is 1190 g/mol. The van der Waals surface area contributed by atoms with Crippen LogP contribution in [-0.4, -0.2) is 46.6 Å². The Bertz CT molecular complexity index is 4860. The van der Waals surface area contributed by atoms with Crippen molar-refractivity contribution in [2.24, 2.45) is 0 Å². The van der Waals surface area contributed by atoms with Crippen molar-refractivity contribution in [1.29, 1.82) is 0 Å². The Kier molecular flexibility index (Phi) is 13.7. The minimum absolute atomic E-state index is 0.364. The van der Waals surface area contributed by atoms with E-state index in [1.807, 2.05) is 176 Å². The van der Waals surface area contributed by atoms with E-state index in [2.05, 4.69) is 133 Å². The molecule has 0 atom stereocenters. The lowest BCUT2D eigenvalue weighted by Crippen LogP contribution is -2.58. The lowest BCUT2D eigenvalue weighted by atomic mass is 9.34. The molecule has 6 heterocycles. The lowest BCUT2D eigenvalue weighted by molar-refractivity contribution is 0.468. The summed E-state index contributed by atoms with van der Waals surface area (Å²) in [6, 6.07) is 105. The normalized spacial score (nSPS) is 11.8. The van der Waals surface area contributed by atoms with Gasteiger partial charge in [-0.1, -0.05) is 267 Å². The minimum Gasteiger partial charge on any atom is -0.457 e. The molecule has 2 aliphatic rings. The minimum atomic E-state index is -0.617. The van der Waals surface area contributed by atoms with E-state index in [0.29, 0.717) is 69.1 Å². The number of ether oxygens (including phenoxy) is 2. The molecule has 0 saturated carbocycles. The van der Waals surface area contributed by atoms with Crippen molar-refractivity contribution in [2.75, 3.05) is 0 Å². The smallest absolute Gasteiger partial charge is 0.260 e. The average Bonchev–Trinajstić information content (AvgIpc) is 0.703. The molecule has 0 radical (unpaired) electrons. The van der Waals surface area contributed by atoms with Crippen molar-refractivity contribution in [3.05, 3.63) is 309 Å². The van der Waals surface area contributed by atoms with Gasteiger partial charge in [-0.15, -0.1) is 0 Å². The number of hydrogen-bond donors (Lipinski definition) is 0. The molecule has 0 saturated heterocycles. The molecule has 4 aromatic heterocycles. The van der Waals surface area contributed by atoms with Crippen molar-refractivity contribution in [3.8, 4) is 159 Å². The molecule has 0 unspecified atom stereocenters. The molecule has 11 heteroatoms. The molecule has 0 spiro atoms. The summed E-state index contributed by atoms with van der Waals surface area (Å²) < 4.78 is 15.8. The fourth-order valence-corrected chi connectivity index (χ4v) is 12.7. The van der Waals surface area contributed by atoms with E-state index < -0.39 is 6.71 Å². The van der Waals surface area contributed by atoms with Crippen molar-refractivity contribution < 1.29 is 9.47 Å². The van der Waals surface area contributed by atoms with Crippen LogP contribution in [0.2, 0.25) is 0 Å². The summed E-state index contributed by atoms with van der Waals surface area (Å²) in [5.74, 6) is 4.87. The third-order valence-electron chi connectivity index (χ3n) is 17.1. The van der Waals surface area contributed by atoms with Crippen molar-refractivity contribution in [3.63, 3.8) is 0 Å². The molecule has 0 bridgehead atoms. The van der Waals surface area contributed by atoms with Gasteiger partial charge in [0.05, 0.1) is 33.9 Å². The van der Waals surface area contributed by atoms with Crippen LogP contribution in [0.1, 0.15) is 0 Å². The van der Waals surface area contributed by atoms with Gasteiger partial charge in [-0.2, -0.15) is 0 Å². The molecule has 0 aliphatic carbocycles. The second-order valence-corrected chi connectivity index (χ2v) is 22.9. The highest BCUT2D eigenvalue weighted by Gasteiger charge is 2.46. The van der Waals surface area contributed by atoms with Gasteiger partial charge in [0.1, 0.15) is 23.0 Å². The number of aromatic nitrogens is 8. The molecule has 15 aromatic rings. The fourth-order valence-electron chi connectivity index (χ4n) is 12.7. The van der Waals surface area contributed by atoms with E-state index >= 15 is 0 Å². The first kappa shape index (κ1) is 54.5. The molecule has 10 nitrogen and oxygen atoms in total. The van der Waals surface area contributed by atoms with Crippen molar-refractivity contribution in [1.82, 2.24) is 39.9 Å². The zero-order valence-corrected chi connectivity index (χ0v) is 49.9. The van der Waals surface area contributed by atoms with Gasteiger partial charge in [-0.25, -0.2) is 39.9 Å².